The number of carbonyl (C=O) groups excluding carboxylic acids is 1. The minimum atomic E-state index is -10.7. The van der Waals surface area contributed by atoms with Gasteiger partial charge in [-0.3, -0.25) is 0 Å². The first-order chi connectivity index (χ1) is 17.3. The molecule has 0 atom stereocenters. The van der Waals surface area contributed by atoms with E-state index >= 15 is 0 Å². The van der Waals surface area contributed by atoms with Gasteiger partial charge >= 0.3 is 33.0 Å². The van der Waals surface area contributed by atoms with Crippen LogP contribution in [0.4, 0.5) is 25.2 Å². The van der Waals surface area contributed by atoms with Crippen molar-refractivity contribution in [1.82, 2.24) is 9.13 Å². The normalized spacial score (nSPS) is 13.0. The van der Waals surface area contributed by atoms with Gasteiger partial charge in [0.25, 0.3) is 0 Å². The number of carbonyl (C=O) groups is 1. The molecule has 0 fully saturated rings. The number of carboxylic acids is 1. The van der Waals surface area contributed by atoms with Crippen LogP contribution >= 0.6 is 7.81 Å². The maximum atomic E-state index is 10.1. The van der Waals surface area contributed by atoms with Crippen LogP contribution in [0.5, 0.6) is 0 Å². The molecule has 38 heavy (non-hydrogen) atoms. The van der Waals surface area contributed by atoms with Crippen molar-refractivity contribution in [2.75, 3.05) is 13.2 Å². The summed E-state index contributed by atoms with van der Waals surface area (Å²) in [6.45, 7) is 11.4. The number of halogens is 6. The Balaban J connectivity index is 0. The van der Waals surface area contributed by atoms with E-state index in [1.165, 1.54) is 32.6 Å². The average Bonchev–Trinajstić information content (AvgIpc) is 3.39. The van der Waals surface area contributed by atoms with E-state index in [2.05, 4.69) is 69.6 Å². The zero-order chi connectivity index (χ0) is 29.9. The molecule has 0 aliphatic carbocycles. The molecular weight excluding hydrogens is 537 g/mol. The first kappa shape index (κ1) is 37.8. The maximum absolute atomic E-state index is 10.7. The van der Waals surface area contributed by atoms with E-state index in [1.807, 2.05) is 21.0 Å². The van der Waals surface area contributed by atoms with E-state index in [0.29, 0.717) is 19.6 Å². The molecule has 0 N–H and O–H groups in total. The molecule has 0 aromatic carbocycles. The summed E-state index contributed by atoms with van der Waals surface area (Å²) < 4.78 is 72.8. The van der Waals surface area contributed by atoms with Crippen molar-refractivity contribution in [2.45, 2.75) is 72.9 Å². The van der Waals surface area contributed by atoms with Gasteiger partial charge < -0.3 is 14.6 Å². The van der Waals surface area contributed by atoms with Crippen LogP contribution in [-0.2, 0) is 36.7 Å². The number of aryl methyl sites for hydroxylation is 4. The molecule has 0 saturated heterocycles. The summed E-state index contributed by atoms with van der Waals surface area (Å²) in [4.78, 5) is 10.1. The molecule has 2 aromatic heterocycles. The summed E-state index contributed by atoms with van der Waals surface area (Å²) in [6.07, 6.45) is 19.9. The fraction of sp³-hybridized carbons (Fsp3) is 0.625. The van der Waals surface area contributed by atoms with Gasteiger partial charge in [0.05, 0.1) is 39.8 Å². The number of nitrogens with zero attached hydrogens (tertiary/aromatic N) is 4. The summed E-state index contributed by atoms with van der Waals surface area (Å²) >= 11 is 0. The summed E-state index contributed by atoms with van der Waals surface area (Å²) in [5, 5.41) is 10.1. The van der Waals surface area contributed by atoms with Crippen molar-refractivity contribution >= 4 is 13.8 Å². The Labute approximate surface area is 221 Å². The molecule has 0 radical (unpaired) electrons. The molecule has 14 heteroatoms. The summed E-state index contributed by atoms with van der Waals surface area (Å²) in [5.74, 6) is -1.11. The van der Waals surface area contributed by atoms with Gasteiger partial charge in [-0.15, -0.1) is 0 Å². The van der Waals surface area contributed by atoms with Gasteiger partial charge in [0.2, 0.25) is 12.7 Å². The third kappa shape index (κ3) is 31.6. The van der Waals surface area contributed by atoms with Crippen molar-refractivity contribution in [3.63, 3.8) is 0 Å². The molecule has 0 aliphatic rings. The topological polar surface area (TPSA) is 67.0 Å². The number of imidazole rings is 2. The molecule has 7 nitrogen and oxygen atoms in total. The van der Waals surface area contributed by atoms with Crippen LogP contribution in [0.2, 0.25) is 0 Å². The van der Waals surface area contributed by atoms with Crippen molar-refractivity contribution in [1.29, 1.82) is 0 Å². The van der Waals surface area contributed by atoms with Gasteiger partial charge in [0.15, 0.2) is 0 Å². The Kier molecular flexibility index (Phi) is 17.1. The minimum absolute atomic E-state index is 0.268. The van der Waals surface area contributed by atoms with E-state index in [1.54, 1.807) is 6.08 Å². The van der Waals surface area contributed by atoms with E-state index in [4.69, 9.17) is 4.74 Å². The number of carboxylic acid groups (broad SMARTS) is 1. The monoisotopic (exact) mass is 580 g/mol. The van der Waals surface area contributed by atoms with Crippen LogP contribution in [0.1, 0.15) is 59.8 Å². The van der Waals surface area contributed by atoms with Crippen molar-refractivity contribution < 1.29 is 49.0 Å². The molecule has 0 saturated carbocycles. The predicted octanol–water partition coefficient (Wildman–Crippen LogP) is 5.72. The van der Waals surface area contributed by atoms with E-state index in [9.17, 15) is 35.1 Å². The van der Waals surface area contributed by atoms with Gasteiger partial charge in [-0.1, -0.05) is 32.8 Å². The second kappa shape index (κ2) is 17.2. The Hall–Kier alpha value is -2.40. The quantitative estimate of drug-likeness (QED) is 0.112. The Morgan fingerprint density at radius 2 is 1.29 bits per heavy atom. The molecular formula is C24H43F6N4O3P. The number of ether oxygens (including phenoxy) is 1. The molecule has 0 spiro atoms. The number of hydrogen-bond acceptors (Lipinski definition) is 3. The Morgan fingerprint density at radius 3 is 1.55 bits per heavy atom. The standard InChI is InChI=1S/2C8H15N2.C8H14O3.F6P/c2*1-3-4-5-10-7-6-9(2)8-10;1-3-11-6-4-5-7(2)8(9)10;1-7(2,3,4,5)6/h2*6-8H,3-5H2,1-2H3;5H,3-4,6H2,1-2H3,(H,9,10);/q2*+1;;-1/p-1. The predicted molar refractivity (Wildman–Crippen MR) is 134 cm³/mol. The second-order valence-corrected chi connectivity index (χ2v) is 10.4. The molecule has 0 unspecified atom stereocenters. The van der Waals surface area contributed by atoms with Crippen LogP contribution in [0, 0.1) is 0 Å². The number of hydrogen-bond donors (Lipinski definition) is 0. The first-order valence-electron chi connectivity index (χ1n) is 12.3. The molecule has 0 amide bonds. The zero-order valence-corrected chi connectivity index (χ0v) is 24.0. The van der Waals surface area contributed by atoms with Crippen LogP contribution in [0.3, 0.4) is 0 Å². The molecule has 0 aliphatic heterocycles. The average molecular weight is 581 g/mol. The molecule has 2 heterocycles. The van der Waals surface area contributed by atoms with Crippen LogP contribution < -0.4 is 14.2 Å². The molecule has 2 rings (SSSR count). The van der Waals surface area contributed by atoms with Crippen LogP contribution in [0.15, 0.2) is 49.1 Å². The van der Waals surface area contributed by atoms with E-state index in [-0.39, 0.29) is 5.57 Å². The van der Waals surface area contributed by atoms with Crippen LogP contribution in [0.25, 0.3) is 0 Å². The number of rotatable bonds is 11. The van der Waals surface area contributed by atoms with Gasteiger partial charge in [0, 0.05) is 6.61 Å². The first-order valence-corrected chi connectivity index (χ1v) is 14.4. The Bertz CT molecular complexity index is 889. The van der Waals surface area contributed by atoms with Gasteiger partial charge in [-0.25, -0.2) is 18.3 Å². The number of unbranched alkanes of at least 4 members (excludes halogenated alkanes) is 2. The summed E-state index contributed by atoms with van der Waals surface area (Å²) in [7, 11) is -6.57. The Morgan fingerprint density at radius 1 is 0.895 bits per heavy atom. The third-order valence-electron chi connectivity index (χ3n) is 4.43. The molecule has 0 bridgehead atoms. The summed E-state index contributed by atoms with van der Waals surface area (Å²) in [5.41, 5.74) is 0.268. The molecule has 224 valence electrons. The SMILES string of the molecule is CCCCn1cc[n+](C)c1.CCCCn1cc[n+](C)c1.CCOCCC=C(C)C(=O)[O-].F[P-](F)(F)(F)(F)F. The fourth-order valence-corrected chi connectivity index (χ4v) is 2.54. The third-order valence-corrected chi connectivity index (χ3v) is 4.43. The van der Waals surface area contributed by atoms with Gasteiger partial charge in [0.1, 0.15) is 24.8 Å². The van der Waals surface area contributed by atoms with Crippen LogP contribution in [-0.4, -0.2) is 28.3 Å². The van der Waals surface area contributed by atoms with E-state index in [0.717, 1.165) is 13.1 Å². The fourth-order valence-electron chi connectivity index (χ4n) is 2.54. The van der Waals surface area contributed by atoms with Gasteiger partial charge in [-0.05, 0) is 38.7 Å². The summed E-state index contributed by atoms with van der Waals surface area (Å²) in [6, 6.07) is 0. The number of aromatic nitrogens is 4. The second-order valence-electron chi connectivity index (χ2n) is 8.46. The number of aliphatic carboxylic acids is 1. The molecule has 2 aromatic rings. The van der Waals surface area contributed by atoms with Gasteiger partial charge in [-0.2, -0.15) is 0 Å². The van der Waals surface area contributed by atoms with Crippen molar-refractivity contribution in [2.24, 2.45) is 14.1 Å². The van der Waals surface area contributed by atoms with Crippen molar-refractivity contribution in [3.8, 4) is 0 Å². The van der Waals surface area contributed by atoms with Crippen molar-refractivity contribution in [3.05, 3.63) is 49.1 Å². The van der Waals surface area contributed by atoms with E-state index < -0.39 is 13.8 Å². The zero-order valence-electron chi connectivity index (χ0n) is 23.1.